The zero-order valence-electron chi connectivity index (χ0n) is 14.9. The summed E-state index contributed by atoms with van der Waals surface area (Å²) in [5, 5.41) is 8.84. The summed E-state index contributed by atoms with van der Waals surface area (Å²) in [7, 11) is 0. The van der Waals surface area contributed by atoms with Crippen molar-refractivity contribution >= 4 is 17.6 Å². The Morgan fingerprint density at radius 1 is 1.32 bits per heavy atom. The number of carboxylic acid groups (broad SMARTS) is 1. The number of fused-ring (bicyclic) bond motifs is 2. The maximum absolute atomic E-state index is 12.5. The molecule has 0 aromatic carbocycles. The van der Waals surface area contributed by atoms with Gasteiger partial charge in [0.25, 0.3) is 0 Å². The van der Waals surface area contributed by atoms with E-state index in [0.717, 1.165) is 30.5 Å². The van der Waals surface area contributed by atoms with Crippen LogP contribution in [0.15, 0.2) is 24.4 Å². The normalized spacial score (nSPS) is 22.5. The molecular weight excluding hydrogens is 320 g/mol. The number of aromatic nitrogens is 1. The van der Waals surface area contributed by atoms with Crippen molar-refractivity contribution in [3.63, 3.8) is 0 Å². The second-order valence-electron chi connectivity index (χ2n) is 7.70. The average Bonchev–Trinajstić information content (AvgIpc) is 2.76. The molecule has 1 N–H and O–H groups in total. The summed E-state index contributed by atoms with van der Waals surface area (Å²) in [6, 6.07) is 3.86. The van der Waals surface area contributed by atoms with E-state index < -0.39 is 11.6 Å². The van der Waals surface area contributed by atoms with E-state index in [1.807, 2.05) is 31.7 Å². The molecule has 0 saturated carbocycles. The molecule has 2 aliphatic heterocycles. The van der Waals surface area contributed by atoms with E-state index in [-0.39, 0.29) is 24.6 Å². The van der Waals surface area contributed by atoms with Gasteiger partial charge in [-0.15, -0.1) is 0 Å². The van der Waals surface area contributed by atoms with E-state index >= 15 is 0 Å². The van der Waals surface area contributed by atoms with Crippen LogP contribution in [0.4, 0.5) is 4.79 Å². The molecule has 1 aromatic heterocycles. The van der Waals surface area contributed by atoms with Gasteiger partial charge in [-0.3, -0.25) is 14.7 Å². The summed E-state index contributed by atoms with van der Waals surface area (Å²) in [4.78, 5) is 29.5. The highest BCUT2D eigenvalue weighted by atomic mass is 16.6. The van der Waals surface area contributed by atoms with Gasteiger partial charge in [0.2, 0.25) is 0 Å². The molecule has 0 spiro atoms. The number of amides is 1. The van der Waals surface area contributed by atoms with Gasteiger partial charge in [-0.25, -0.2) is 4.79 Å². The number of ether oxygens (including phenoxy) is 1. The van der Waals surface area contributed by atoms with E-state index in [1.54, 1.807) is 12.3 Å². The van der Waals surface area contributed by atoms with Gasteiger partial charge >= 0.3 is 12.1 Å². The summed E-state index contributed by atoms with van der Waals surface area (Å²) in [6.45, 7) is 5.63. The smallest absolute Gasteiger partial charge is 0.411 e. The highest BCUT2D eigenvalue weighted by Crippen LogP contribution is 2.38. The summed E-state index contributed by atoms with van der Waals surface area (Å²) < 4.78 is 5.54. The van der Waals surface area contributed by atoms with Crippen molar-refractivity contribution in [3.8, 4) is 0 Å². The first kappa shape index (κ1) is 17.5. The number of hydrogen-bond acceptors (Lipinski definition) is 4. The van der Waals surface area contributed by atoms with Gasteiger partial charge in [0.05, 0.1) is 18.2 Å². The topological polar surface area (TPSA) is 79.7 Å². The van der Waals surface area contributed by atoms with E-state index in [4.69, 9.17) is 9.84 Å². The SMILES string of the molecule is CC(C)(C)OC(=O)N1C2C=C(c3ccc(CC(=O)O)cn3)CC1CC2. The van der Waals surface area contributed by atoms with Crippen molar-refractivity contribution in [1.82, 2.24) is 9.88 Å². The minimum absolute atomic E-state index is 0.0238. The number of hydrogen-bond donors (Lipinski definition) is 1. The molecule has 2 atom stereocenters. The lowest BCUT2D eigenvalue weighted by atomic mass is 9.98. The van der Waals surface area contributed by atoms with Crippen LogP contribution < -0.4 is 0 Å². The standard InChI is InChI=1S/C19H24N2O4/c1-19(2,3)25-18(24)21-14-5-6-15(21)10-13(9-14)16-7-4-12(11-20-16)8-17(22)23/h4,7,9,11,14-15H,5-6,8,10H2,1-3H3,(H,22,23). The lowest BCUT2D eigenvalue weighted by Gasteiger charge is -2.35. The zero-order valence-corrected chi connectivity index (χ0v) is 14.9. The van der Waals surface area contributed by atoms with Gasteiger partial charge in [-0.05, 0) is 57.2 Å². The van der Waals surface area contributed by atoms with Crippen LogP contribution in [-0.4, -0.2) is 44.7 Å². The largest absolute Gasteiger partial charge is 0.481 e. The molecule has 2 aliphatic rings. The highest BCUT2D eigenvalue weighted by molar-refractivity contribution is 5.74. The summed E-state index contributed by atoms with van der Waals surface area (Å²) in [5.41, 5.74) is 2.16. The van der Waals surface area contributed by atoms with Crippen molar-refractivity contribution < 1.29 is 19.4 Å². The van der Waals surface area contributed by atoms with Gasteiger partial charge in [-0.1, -0.05) is 12.1 Å². The van der Waals surface area contributed by atoms with Crippen LogP contribution in [0.1, 0.15) is 51.3 Å². The molecule has 134 valence electrons. The second kappa shape index (κ2) is 6.50. The van der Waals surface area contributed by atoms with E-state index in [9.17, 15) is 9.59 Å². The van der Waals surface area contributed by atoms with Gasteiger partial charge in [0, 0.05) is 12.2 Å². The molecule has 1 saturated heterocycles. The van der Waals surface area contributed by atoms with Crippen molar-refractivity contribution in [1.29, 1.82) is 0 Å². The maximum Gasteiger partial charge on any atom is 0.411 e. The Kier molecular flexibility index (Phi) is 4.54. The van der Waals surface area contributed by atoms with Crippen molar-refractivity contribution in [2.45, 2.75) is 64.1 Å². The lowest BCUT2D eigenvalue weighted by molar-refractivity contribution is -0.136. The summed E-state index contributed by atoms with van der Waals surface area (Å²) >= 11 is 0. The van der Waals surface area contributed by atoms with Crippen LogP contribution >= 0.6 is 0 Å². The van der Waals surface area contributed by atoms with Crippen LogP contribution in [0.5, 0.6) is 0 Å². The van der Waals surface area contributed by atoms with Crippen LogP contribution in [0.25, 0.3) is 5.57 Å². The van der Waals surface area contributed by atoms with Crippen LogP contribution in [0, 0.1) is 0 Å². The number of carbonyl (C=O) groups excluding carboxylic acids is 1. The Hall–Kier alpha value is -2.37. The lowest BCUT2D eigenvalue weighted by Crippen LogP contribution is -2.45. The van der Waals surface area contributed by atoms with Crippen LogP contribution in [0.3, 0.4) is 0 Å². The molecule has 25 heavy (non-hydrogen) atoms. The van der Waals surface area contributed by atoms with E-state index in [0.29, 0.717) is 5.56 Å². The molecule has 0 radical (unpaired) electrons. The third-order valence-electron chi connectivity index (χ3n) is 4.51. The predicted molar refractivity (Wildman–Crippen MR) is 93.1 cm³/mol. The second-order valence-corrected chi connectivity index (χ2v) is 7.70. The van der Waals surface area contributed by atoms with Gasteiger partial charge < -0.3 is 9.84 Å². The van der Waals surface area contributed by atoms with E-state index in [1.165, 1.54) is 0 Å². The number of carboxylic acids is 1. The highest BCUT2D eigenvalue weighted by Gasteiger charge is 2.41. The summed E-state index contributed by atoms with van der Waals surface area (Å²) in [6.07, 6.45) is 6.09. The number of aliphatic carboxylic acids is 1. The Labute approximate surface area is 147 Å². The van der Waals surface area contributed by atoms with Crippen molar-refractivity contribution in [2.24, 2.45) is 0 Å². The van der Waals surface area contributed by atoms with Crippen LogP contribution in [-0.2, 0) is 16.0 Å². The van der Waals surface area contributed by atoms with Gasteiger partial charge in [0.15, 0.2) is 0 Å². The third kappa shape index (κ3) is 4.00. The fourth-order valence-electron chi connectivity index (χ4n) is 3.51. The molecular formula is C19H24N2O4. The first-order valence-electron chi connectivity index (χ1n) is 8.62. The van der Waals surface area contributed by atoms with Crippen molar-refractivity contribution in [2.75, 3.05) is 0 Å². The quantitative estimate of drug-likeness (QED) is 0.910. The molecule has 0 aliphatic carbocycles. The Morgan fingerprint density at radius 2 is 2.08 bits per heavy atom. The minimum Gasteiger partial charge on any atom is -0.481 e. The van der Waals surface area contributed by atoms with E-state index in [2.05, 4.69) is 11.1 Å². The molecule has 3 heterocycles. The number of carbonyl (C=O) groups is 2. The summed E-state index contributed by atoms with van der Waals surface area (Å²) in [5.74, 6) is -0.863. The Balaban J connectivity index is 1.75. The van der Waals surface area contributed by atoms with Crippen molar-refractivity contribution in [3.05, 3.63) is 35.7 Å². The molecule has 1 fully saturated rings. The molecule has 2 bridgehead atoms. The van der Waals surface area contributed by atoms with Gasteiger partial charge in [0.1, 0.15) is 5.60 Å². The molecule has 1 amide bonds. The fourth-order valence-corrected chi connectivity index (χ4v) is 3.51. The number of pyridine rings is 1. The fraction of sp³-hybridized carbons (Fsp3) is 0.526. The Morgan fingerprint density at radius 3 is 2.64 bits per heavy atom. The number of rotatable bonds is 3. The molecule has 1 aromatic rings. The van der Waals surface area contributed by atoms with Crippen LogP contribution in [0.2, 0.25) is 0 Å². The Bertz CT molecular complexity index is 703. The average molecular weight is 344 g/mol. The number of nitrogens with zero attached hydrogens (tertiary/aromatic N) is 2. The minimum atomic E-state index is -0.863. The predicted octanol–water partition coefficient (Wildman–Crippen LogP) is 3.26. The molecule has 6 heteroatoms. The zero-order chi connectivity index (χ0) is 18.2. The molecule has 6 nitrogen and oxygen atoms in total. The maximum atomic E-state index is 12.5. The third-order valence-corrected chi connectivity index (χ3v) is 4.51. The first-order chi connectivity index (χ1) is 11.7. The van der Waals surface area contributed by atoms with Gasteiger partial charge in [-0.2, -0.15) is 0 Å². The molecule has 2 unspecified atom stereocenters. The molecule has 3 rings (SSSR count). The monoisotopic (exact) mass is 344 g/mol. The first-order valence-corrected chi connectivity index (χ1v) is 8.62.